The first kappa shape index (κ1) is 12.1. The highest BCUT2D eigenvalue weighted by molar-refractivity contribution is 7.80. The molecule has 0 aromatic rings. The third-order valence-electron chi connectivity index (χ3n) is 1.06. The number of thiocarbonyl (C=S) groups is 1. The smallest absolute Gasteiger partial charge is 0.239 e. The average molecular weight is 204 g/mol. The van der Waals surface area contributed by atoms with Crippen molar-refractivity contribution in [3.8, 4) is 0 Å². The van der Waals surface area contributed by atoms with Crippen LogP contribution < -0.4 is 21.9 Å². The lowest BCUT2D eigenvalue weighted by Crippen LogP contribution is -2.48. The lowest BCUT2D eigenvalue weighted by atomic mass is 10.1. The fourth-order valence-electron chi connectivity index (χ4n) is 0.674. The predicted molar refractivity (Wildman–Crippen MR) is 55.8 cm³/mol. The largest absolute Gasteiger partial charge is 0.353 e. The summed E-state index contributed by atoms with van der Waals surface area (Å²) >= 11 is 4.69. The van der Waals surface area contributed by atoms with Gasteiger partial charge in [-0.25, -0.2) is 5.84 Å². The molecule has 5 N–H and O–H groups in total. The summed E-state index contributed by atoms with van der Waals surface area (Å²) < 4.78 is 0. The van der Waals surface area contributed by atoms with Crippen molar-refractivity contribution in [2.24, 2.45) is 5.84 Å². The molecule has 0 fully saturated rings. The summed E-state index contributed by atoms with van der Waals surface area (Å²) in [6.07, 6.45) is 0. The van der Waals surface area contributed by atoms with Crippen molar-refractivity contribution in [2.45, 2.75) is 26.3 Å². The third-order valence-corrected chi connectivity index (χ3v) is 1.32. The Morgan fingerprint density at radius 2 is 2.00 bits per heavy atom. The minimum absolute atomic E-state index is 0.120. The number of carbonyl (C=O) groups is 1. The second-order valence-corrected chi connectivity index (χ2v) is 4.03. The molecule has 13 heavy (non-hydrogen) atoms. The number of amides is 1. The number of hydrogen-bond donors (Lipinski definition) is 4. The highest BCUT2D eigenvalue weighted by atomic mass is 32.1. The third kappa shape index (κ3) is 7.48. The molecule has 0 heterocycles. The SMILES string of the molecule is CC(C)(C)NC(=O)CNC(=S)NN. The molecule has 0 aliphatic carbocycles. The Labute approximate surface area is 83.4 Å². The quantitative estimate of drug-likeness (QED) is 0.270. The van der Waals surface area contributed by atoms with Crippen LogP contribution in [-0.4, -0.2) is 23.1 Å². The molecular formula is C7H16N4OS. The van der Waals surface area contributed by atoms with Gasteiger partial charge in [0.25, 0.3) is 0 Å². The summed E-state index contributed by atoms with van der Waals surface area (Å²) in [6.45, 7) is 5.85. The minimum atomic E-state index is -0.226. The first-order chi connectivity index (χ1) is 5.85. The molecule has 0 aromatic heterocycles. The fourth-order valence-corrected chi connectivity index (χ4v) is 0.746. The standard InChI is InChI=1S/C7H16N4OS/c1-7(2,3)10-5(12)4-9-6(13)11-8/h4,8H2,1-3H3,(H,10,12)(H2,9,11,13). The van der Waals surface area contributed by atoms with E-state index in [4.69, 9.17) is 5.84 Å². The van der Waals surface area contributed by atoms with Gasteiger partial charge in [-0.1, -0.05) is 0 Å². The van der Waals surface area contributed by atoms with E-state index in [1.54, 1.807) is 0 Å². The molecule has 0 bridgehead atoms. The van der Waals surface area contributed by atoms with Crippen molar-refractivity contribution in [1.29, 1.82) is 0 Å². The second-order valence-electron chi connectivity index (χ2n) is 3.63. The monoisotopic (exact) mass is 204 g/mol. The molecule has 0 saturated heterocycles. The van der Waals surface area contributed by atoms with Gasteiger partial charge in [-0.05, 0) is 33.0 Å². The lowest BCUT2D eigenvalue weighted by molar-refractivity contribution is -0.121. The van der Waals surface area contributed by atoms with E-state index < -0.39 is 0 Å². The van der Waals surface area contributed by atoms with Gasteiger partial charge in [-0.2, -0.15) is 0 Å². The number of rotatable bonds is 2. The number of hydrazine groups is 1. The van der Waals surface area contributed by atoms with E-state index in [0.29, 0.717) is 0 Å². The van der Waals surface area contributed by atoms with Crippen LogP contribution in [0.15, 0.2) is 0 Å². The summed E-state index contributed by atoms with van der Waals surface area (Å²) in [5, 5.41) is 5.66. The lowest BCUT2D eigenvalue weighted by Gasteiger charge is -2.20. The van der Waals surface area contributed by atoms with Crippen LogP contribution in [-0.2, 0) is 4.79 Å². The maximum Gasteiger partial charge on any atom is 0.239 e. The molecular weight excluding hydrogens is 188 g/mol. The van der Waals surface area contributed by atoms with Crippen molar-refractivity contribution in [1.82, 2.24) is 16.1 Å². The molecule has 5 nitrogen and oxygen atoms in total. The highest BCUT2D eigenvalue weighted by Gasteiger charge is 2.12. The zero-order valence-electron chi connectivity index (χ0n) is 8.10. The summed E-state index contributed by atoms with van der Waals surface area (Å²) in [5.74, 6) is 4.88. The van der Waals surface area contributed by atoms with Gasteiger partial charge in [0.2, 0.25) is 5.91 Å². The Bertz CT molecular complexity index is 199. The van der Waals surface area contributed by atoms with Crippen LogP contribution in [0.4, 0.5) is 0 Å². The summed E-state index contributed by atoms with van der Waals surface area (Å²) in [5.41, 5.74) is 2.00. The zero-order valence-corrected chi connectivity index (χ0v) is 8.92. The van der Waals surface area contributed by atoms with Crippen LogP contribution in [0.1, 0.15) is 20.8 Å². The van der Waals surface area contributed by atoms with Crippen LogP contribution in [0.25, 0.3) is 0 Å². The maximum atomic E-state index is 11.2. The van der Waals surface area contributed by atoms with Gasteiger partial charge in [-0.3, -0.25) is 4.79 Å². The minimum Gasteiger partial charge on any atom is -0.353 e. The van der Waals surface area contributed by atoms with Gasteiger partial charge in [0.1, 0.15) is 0 Å². The molecule has 0 saturated carbocycles. The number of carbonyl (C=O) groups excluding carboxylic acids is 1. The van der Waals surface area contributed by atoms with Crippen molar-refractivity contribution in [2.75, 3.05) is 6.54 Å². The Balaban J connectivity index is 3.71. The maximum absolute atomic E-state index is 11.2. The van der Waals surface area contributed by atoms with E-state index in [1.165, 1.54) is 0 Å². The highest BCUT2D eigenvalue weighted by Crippen LogP contribution is 1.96. The van der Waals surface area contributed by atoms with Crippen LogP contribution in [0.2, 0.25) is 0 Å². The van der Waals surface area contributed by atoms with Gasteiger partial charge in [0.15, 0.2) is 5.11 Å². The first-order valence-electron chi connectivity index (χ1n) is 3.90. The van der Waals surface area contributed by atoms with Crippen LogP contribution in [0, 0.1) is 0 Å². The van der Waals surface area contributed by atoms with Crippen LogP contribution >= 0.6 is 12.2 Å². The number of nitrogens with one attached hydrogen (secondary N) is 3. The molecule has 0 aliphatic heterocycles. The summed E-state index contributed by atoms with van der Waals surface area (Å²) in [6, 6.07) is 0. The predicted octanol–water partition coefficient (Wildman–Crippen LogP) is -0.761. The van der Waals surface area contributed by atoms with Gasteiger partial charge in [0, 0.05) is 5.54 Å². The van der Waals surface area contributed by atoms with Gasteiger partial charge < -0.3 is 16.1 Å². The Morgan fingerprint density at radius 1 is 1.46 bits per heavy atom. The topological polar surface area (TPSA) is 79.2 Å². The zero-order chi connectivity index (χ0) is 10.5. The Morgan fingerprint density at radius 3 is 2.38 bits per heavy atom. The molecule has 0 atom stereocenters. The van der Waals surface area contributed by atoms with E-state index in [1.807, 2.05) is 20.8 Å². The Hall–Kier alpha value is -0.880. The van der Waals surface area contributed by atoms with E-state index in [-0.39, 0.29) is 23.1 Å². The summed E-state index contributed by atoms with van der Waals surface area (Å²) in [7, 11) is 0. The van der Waals surface area contributed by atoms with Crippen molar-refractivity contribution in [3.63, 3.8) is 0 Å². The second kappa shape index (κ2) is 4.98. The molecule has 0 radical (unpaired) electrons. The van der Waals surface area contributed by atoms with Crippen molar-refractivity contribution < 1.29 is 4.79 Å². The molecule has 76 valence electrons. The number of nitrogens with two attached hydrogens (primary N) is 1. The molecule has 0 aliphatic rings. The van der Waals surface area contributed by atoms with Gasteiger partial charge in [0.05, 0.1) is 6.54 Å². The molecule has 6 heteroatoms. The van der Waals surface area contributed by atoms with Gasteiger partial charge >= 0.3 is 0 Å². The molecule has 0 rings (SSSR count). The van der Waals surface area contributed by atoms with E-state index in [2.05, 4.69) is 28.3 Å². The number of hydrogen-bond acceptors (Lipinski definition) is 3. The van der Waals surface area contributed by atoms with E-state index >= 15 is 0 Å². The van der Waals surface area contributed by atoms with Crippen molar-refractivity contribution >= 4 is 23.2 Å². The van der Waals surface area contributed by atoms with E-state index in [9.17, 15) is 4.79 Å². The van der Waals surface area contributed by atoms with Gasteiger partial charge in [-0.15, -0.1) is 0 Å². The molecule has 0 spiro atoms. The molecule has 1 amide bonds. The summed E-state index contributed by atoms with van der Waals surface area (Å²) in [4.78, 5) is 11.2. The molecule has 0 aromatic carbocycles. The molecule has 0 unspecified atom stereocenters. The van der Waals surface area contributed by atoms with Crippen molar-refractivity contribution in [3.05, 3.63) is 0 Å². The normalized spacial score (nSPS) is 10.5. The fraction of sp³-hybridized carbons (Fsp3) is 0.714. The average Bonchev–Trinajstić information content (AvgIpc) is 1.97. The van der Waals surface area contributed by atoms with E-state index in [0.717, 1.165) is 0 Å². The Kier molecular flexibility index (Phi) is 4.64. The first-order valence-corrected chi connectivity index (χ1v) is 4.31. The van der Waals surface area contributed by atoms with Crippen LogP contribution in [0.5, 0.6) is 0 Å². The van der Waals surface area contributed by atoms with Crippen LogP contribution in [0.3, 0.4) is 0 Å².